The number of amides is 1. The molecule has 2 aromatic heterocycles. The predicted octanol–water partition coefficient (Wildman–Crippen LogP) is -0.456. The number of nitrogens with zero attached hydrogens (tertiary/aromatic N) is 3. The summed E-state index contributed by atoms with van der Waals surface area (Å²) in [6.07, 6.45) is 2.87. The summed E-state index contributed by atoms with van der Waals surface area (Å²) >= 11 is 1.28. The Morgan fingerprint density at radius 2 is 2.03 bits per heavy atom. The van der Waals surface area contributed by atoms with Gasteiger partial charge in [0.15, 0.2) is 11.7 Å². The Morgan fingerprint density at radius 3 is 2.58 bits per heavy atom. The monoisotopic (exact) mass is 586 g/mol. The second-order valence-corrected chi connectivity index (χ2v) is 10.9. The van der Waals surface area contributed by atoms with Crippen LogP contribution in [0.5, 0.6) is 0 Å². The molecule has 0 spiro atoms. The number of carbonyl (C=O) groups excluding carboxylic acids is 2. The van der Waals surface area contributed by atoms with E-state index in [0.717, 1.165) is 0 Å². The fourth-order valence-electron chi connectivity index (χ4n) is 6.36. The molecule has 3 aliphatic heterocycles. The number of hydrogen-bond acceptors (Lipinski definition) is 7. The number of aliphatic hydroxyl groups is 1. The third-order valence-corrected chi connectivity index (χ3v) is 8.87. The summed E-state index contributed by atoms with van der Waals surface area (Å²) < 4.78 is 34.4. The lowest BCUT2D eigenvalue weighted by Crippen LogP contribution is -3.00. The molecule has 12 heteroatoms. The number of primary amides is 1. The highest BCUT2D eigenvalue weighted by atomic mass is 79.9. The second kappa shape index (κ2) is 10.0. The molecular weight excluding hydrogens is 558 g/mol. The van der Waals surface area contributed by atoms with Crippen molar-refractivity contribution in [2.45, 2.75) is 55.8 Å². The molecule has 3 saturated heterocycles. The van der Waals surface area contributed by atoms with Gasteiger partial charge in [-0.1, -0.05) is 0 Å². The summed E-state index contributed by atoms with van der Waals surface area (Å²) in [5.41, 5.74) is 4.49. The van der Waals surface area contributed by atoms with Crippen LogP contribution in [-0.2, 0) is 19.9 Å². The second-order valence-electron chi connectivity index (χ2n) is 10.1. The number of carbonyl (C=O) groups is 2. The maximum absolute atomic E-state index is 14.1. The Kier molecular flexibility index (Phi) is 7.53. The molecule has 3 unspecified atom stereocenters. The lowest BCUT2D eigenvalue weighted by Gasteiger charge is -2.54. The molecule has 2 aromatic rings. The predicted molar refractivity (Wildman–Crippen MR) is 122 cm³/mol. The number of esters is 1. The zero-order chi connectivity index (χ0) is 24.8. The minimum absolute atomic E-state index is 0. The summed E-state index contributed by atoms with van der Waals surface area (Å²) in [4.78, 5) is 34.3. The maximum atomic E-state index is 14.1. The number of fused-ring (bicyclic) bond motifs is 3. The van der Waals surface area contributed by atoms with E-state index in [2.05, 4.69) is 9.97 Å². The lowest BCUT2D eigenvalue weighted by molar-refractivity contribution is -0.965. The minimum atomic E-state index is -2.92. The van der Waals surface area contributed by atoms with E-state index < -0.39 is 47.9 Å². The van der Waals surface area contributed by atoms with Gasteiger partial charge in [-0.2, -0.15) is 11.3 Å². The van der Waals surface area contributed by atoms with Crippen LogP contribution in [0.4, 0.5) is 8.78 Å². The van der Waals surface area contributed by atoms with Gasteiger partial charge in [0.05, 0.1) is 13.1 Å². The van der Waals surface area contributed by atoms with Crippen LogP contribution in [0.15, 0.2) is 35.4 Å². The maximum Gasteiger partial charge on any atom is 0.343 e. The summed E-state index contributed by atoms with van der Waals surface area (Å²) in [5, 5.41) is 14.9. The number of quaternary nitrogens is 1. The number of aromatic nitrogens is 2. The van der Waals surface area contributed by atoms with Gasteiger partial charge in [-0.3, -0.25) is 4.79 Å². The van der Waals surface area contributed by atoms with Crippen molar-refractivity contribution in [3.05, 3.63) is 46.7 Å². The normalized spacial score (nSPS) is 31.1. The van der Waals surface area contributed by atoms with Crippen LogP contribution >= 0.6 is 11.3 Å². The molecule has 1 amide bonds. The van der Waals surface area contributed by atoms with Gasteiger partial charge in [-0.05, 0) is 29.3 Å². The molecule has 3 N–H and O–H groups in total. The van der Waals surface area contributed by atoms with Crippen molar-refractivity contribution in [2.75, 3.05) is 19.6 Å². The molecule has 4 aliphatic rings. The van der Waals surface area contributed by atoms with E-state index in [0.29, 0.717) is 42.7 Å². The fraction of sp³-hybridized carbons (Fsp3) is 0.583. The third kappa shape index (κ3) is 4.68. The number of halogens is 3. The SMILES string of the molecule is NC(=O)C(c1ccncn1)[N+]12CCC(CC1)[C@@H](OC(=O)C(O)(c1ccsc1)C1CCC(F)(F)C1)C2.[Br-]. The van der Waals surface area contributed by atoms with Crippen LogP contribution in [-0.4, -0.2) is 63.1 Å². The summed E-state index contributed by atoms with van der Waals surface area (Å²) in [5.74, 6) is -5.21. The van der Waals surface area contributed by atoms with Gasteiger partial charge in [0.25, 0.3) is 5.91 Å². The van der Waals surface area contributed by atoms with Crippen LogP contribution in [0.25, 0.3) is 0 Å². The van der Waals surface area contributed by atoms with Crippen LogP contribution < -0.4 is 22.7 Å². The van der Waals surface area contributed by atoms with Gasteiger partial charge in [0, 0.05) is 49.3 Å². The molecule has 6 rings (SSSR count). The molecule has 2 bridgehead atoms. The van der Waals surface area contributed by atoms with E-state index in [1.54, 1.807) is 29.1 Å². The molecule has 5 heterocycles. The summed E-state index contributed by atoms with van der Waals surface area (Å²) in [7, 11) is 0. The molecule has 8 nitrogen and oxygen atoms in total. The number of alkyl halides is 2. The summed E-state index contributed by atoms with van der Waals surface area (Å²) in [6, 6.07) is 2.54. The van der Waals surface area contributed by atoms with Crippen molar-refractivity contribution in [1.29, 1.82) is 0 Å². The number of thiophene rings is 1. The minimum Gasteiger partial charge on any atom is -1.00 e. The zero-order valence-electron chi connectivity index (χ0n) is 19.6. The number of ether oxygens (including phenoxy) is 1. The molecule has 1 saturated carbocycles. The lowest BCUT2D eigenvalue weighted by atomic mass is 9.79. The van der Waals surface area contributed by atoms with Gasteiger partial charge < -0.3 is 37.0 Å². The van der Waals surface area contributed by atoms with E-state index in [4.69, 9.17) is 10.5 Å². The van der Waals surface area contributed by atoms with E-state index in [1.807, 2.05) is 0 Å². The first-order chi connectivity index (χ1) is 16.6. The first-order valence-electron chi connectivity index (χ1n) is 11.9. The molecular formula is C24H29BrF2N4O4S. The van der Waals surface area contributed by atoms with Gasteiger partial charge in [-0.15, -0.1) is 0 Å². The molecule has 196 valence electrons. The molecule has 0 radical (unpaired) electrons. The Morgan fingerprint density at radius 1 is 1.28 bits per heavy atom. The van der Waals surface area contributed by atoms with Crippen molar-refractivity contribution in [2.24, 2.45) is 17.6 Å². The van der Waals surface area contributed by atoms with Crippen LogP contribution in [0.1, 0.15) is 49.4 Å². The molecule has 4 fully saturated rings. The largest absolute Gasteiger partial charge is 1.00 e. The van der Waals surface area contributed by atoms with Gasteiger partial charge in [0.1, 0.15) is 18.6 Å². The van der Waals surface area contributed by atoms with Gasteiger partial charge >= 0.3 is 5.97 Å². The highest BCUT2D eigenvalue weighted by molar-refractivity contribution is 7.08. The van der Waals surface area contributed by atoms with Crippen molar-refractivity contribution in [1.82, 2.24) is 9.97 Å². The number of piperidine rings is 3. The Balaban J connectivity index is 0.00000304. The van der Waals surface area contributed by atoms with E-state index >= 15 is 0 Å². The zero-order valence-corrected chi connectivity index (χ0v) is 22.0. The number of rotatable bonds is 7. The number of hydrogen-bond donors (Lipinski definition) is 2. The number of nitrogens with two attached hydrogens (primary N) is 1. The first-order valence-corrected chi connectivity index (χ1v) is 12.8. The standard InChI is InChI=1S/C24H28F2N4O4S.BrH/c25-23(26)6-1-16(11-23)24(33,17-5-10-35-13-17)22(32)34-19-12-30(8-3-15(19)4-9-30)20(21(27)31)18-2-7-28-14-29-18;/h2,5,7,10,13-16,19-20,33H,1,3-4,6,8-9,11-12H2,(H-,27,31);1H/t15?,16?,19-,20?,24?,30?;/m0./s1. The van der Waals surface area contributed by atoms with Gasteiger partial charge in [-0.25, -0.2) is 23.5 Å². The fourth-order valence-corrected chi connectivity index (χ4v) is 7.06. The van der Waals surface area contributed by atoms with Crippen molar-refractivity contribution in [3.63, 3.8) is 0 Å². The highest BCUT2D eigenvalue weighted by Crippen LogP contribution is 2.49. The molecule has 0 aromatic carbocycles. The first kappa shape index (κ1) is 27.0. The third-order valence-electron chi connectivity index (χ3n) is 8.19. The van der Waals surface area contributed by atoms with E-state index in [9.17, 15) is 23.5 Å². The van der Waals surface area contributed by atoms with Crippen LogP contribution in [0.2, 0.25) is 0 Å². The molecule has 36 heavy (non-hydrogen) atoms. The van der Waals surface area contributed by atoms with Crippen molar-refractivity contribution >= 4 is 23.2 Å². The Labute approximate surface area is 222 Å². The highest BCUT2D eigenvalue weighted by Gasteiger charge is 2.58. The summed E-state index contributed by atoms with van der Waals surface area (Å²) in [6.45, 7) is 1.70. The van der Waals surface area contributed by atoms with Crippen LogP contribution in [0.3, 0.4) is 0 Å². The quantitative estimate of drug-likeness (QED) is 0.335. The van der Waals surface area contributed by atoms with Crippen molar-refractivity contribution < 1.29 is 49.7 Å². The Hall–Kier alpha value is -2.02. The average molecular weight is 587 g/mol. The molecule has 4 atom stereocenters. The van der Waals surface area contributed by atoms with Crippen molar-refractivity contribution in [3.8, 4) is 0 Å². The van der Waals surface area contributed by atoms with Gasteiger partial charge in [0.2, 0.25) is 12.0 Å². The van der Waals surface area contributed by atoms with E-state index in [1.165, 1.54) is 17.7 Å². The molecule has 1 aliphatic carbocycles. The van der Waals surface area contributed by atoms with E-state index in [-0.39, 0.29) is 41.3 Å². The topological polar surface area (TPSA) is 115 Å². The Bertz CT molecular complexity index is 1090. The van der Waals surface area contributed by atoms with Crippen LogP contribution in [0, 0.1) is 11.8 Å². The average Bonchev–Trinajstić information content (AvgIpc) is 3.50. The smallest absolute Gasteiger partial charge is 0.343 e.